The zero-order chi connectivity index (χ0) is 16.2. The van der Waals surface area contributed by atoms with E-state index in [0.29, 0.717) is 12.6 Å². The number of thiazole rings is 1. The minimum Gasteiger partial charge on any atom is -0.508 e. The van der Waals surface area contributed by atoms with Crippen molar-refractivity contribution in [3.05, 3.63) is 47.2 Å². The van der Waals surface area contributed by atoms with E-state index in [4.69, 9.17) is 4.74 Å². The lowest BCUT2D eigenvalue weighted by Crippen LogP contribution is -1.97. The first-order chi connectivity index (χ1) is 11.2. The van der Waals surface area contributed by atoms with Crippen LogP contribution in [0.15, 0.2) is 36.5 Å². The fourth-order valence-electron chi connectivity index (χ4n) is 2.13. The van der Waals surface area contributed by atoms with Gasteiger partial charge in [-0.2, -0.15) is 0 Å². The van der Waals surface area contributed by atoms with Crippen LogP contribution in [0.25, 0.3) is 10.6 Å². The second-order valence-electron chi connectivity index (χ2n) is 4.90. The maximum atomic E-state index is 9.51. The van der Waals surface area contributed by atoms with E-state index in [1.54, 1.807) is 42.8 Å². The van der Waals surface area contributed by atoms with Crippen molar-refractivity contribution in [1.82, 2.24) is 15.0 Å². The number of hydrogen-bond donors (Lipinski definition) is 2. The topological polar surface area (TPSA) is 80.2 Å². The van der Waals surface area contributed by atoms with E-state index in [1.165, 1.54) is 0 Å². The third kappa shape index (κ3) is 3.64. The molecule has 118 valence electrons. The first-order valence-corrected chi connectivity index (χ1v) is 7.82. The number of hydrogen-bond acceptors (Lipinski definition) is 7. The van der Waals surface area contributed by atoms with Gasteiger partial charge in [-0.15, -0.1) is 11.3 Å². The van der Waals surface area contributed by atoms with E-state index in [2.05, 4.69) is 20.3 Å². The lowest BCUT2D eigenvalue weighted by atomic mass is 10.3. The molecule has 0 bridgehead atoms. The molecule has 0 aliphatic rings. The smallest absolute Gasteiger partial charge is 0.227 e. The molecule has 0 aliphatic heterocycles. The molecular weight excluding hydrogens is 312 g/mol. The molecule has 2 aromatic heterocycles. The molecule has 0 unspecified atom stereocenters. The molecule has 0 fully saturated rings. The molecule has 0 amide bonds. The maximum absolute atomic E-state index is 9.51. The molecule has 0 spiro atoms. The van der Waals surface area contributed by atoms with Crippen molar-refractivity contribution in [3.8, 4) is 16.3 Å². The van der Waals surface area contributed by atoms with E-state index in [-0.39, 0.29) is 5.75 Å². The van der Waals surface area contributed by atoms with Crippen LogP contribution in [0, 0.1) is 6.92 Å². The Labute approximate surface area is 137 Å². The molecule has 0 aliphatic carbocycles. The van der Waals surface area contributed by atoms with Gasteiger partial charge in [-0.05, 0) is 25.1 Å². The second kappa shape index (κ2) is 6.72. The second-order valence-corrected chi connectivity index (χ2v) is 5.98. The van der Waals surface area contributed by atoms with Crippen molar-refractivity contribution in [2.45, 2.75) is 13.5 Å². The molecule has 3 aromatic rings. The van der Waals surface area contributed by atoms with E-state index >= 15 is 0 Å². The predicted octanol–water partition coefficient (Wildman–Crippen LogP) is 3.50. The van der Waals surface area contributed by atoms with E-state index in [0.717, 1.165) is 27.0 Å². The van der Waals surface area contributed by atoms with Gasteiger partial charge in [0, 0.05) is 25.1 Å². The standard InChI is InChI=1S/C16H16N4O2S/c1-10-15(23-14(18-10)9-22-2)13-6-7-17-16(20-13)19-11-4-3-5-12(21)8-11/h3-8,21H,9H2,1-2H3,(H,17,19,20). The van der Waals surface area contributed by atoms with Gasteiger partial charge >= 0.3 is 0 Å². The summed E-state index contributed by atoms with van der Waals surface area (Å²) in [4.78, 5) is 14.2. The minimum atomic E-state index is 0.189. The SMILES string of the molecule is COCc1nc(C)c(-c2ccnc(Nc3cccc(O)c3)n2)s1. The third-order valence-corrected chi connectivity index (χ3v) is 4.25. The Morgan fingerprint density at radius 2 is 2.13 bits per heavy atom. The fraction of sp³-hybridized carbons (Fsp3) is 0.188. The van der Waals surface area contributed by atoms with Gasteiger partial charge < -0.3 is 15.2 Å². The van der Waals surface area contributed by atoms with Gasteiger partial charge in [0.25, 0.3) is 0 Å². The van der Waals surface area contributed by atoms with Crippen molar-refractivity contribution in [3.63, 3.8) is 0 Å². The van der Waals surface area contributed by atoms with Gasteiger partial charge in [-0.25, -0.2) is 15.0 Å². The number of phenols is 1. The van der Waals surface area contributed by atoms with Crippen molar-refractivity contribution in [2.24, 2.45) is 0 Å². The highest BCUT2D eigenvalue weighted by atomic mass is 32.1. The molecule has 3 rings (SSSR count). The molecule has 0 atom stereocenters. The molecule has 0 radical (unpaired) electrons. The Morgan fingerprint density at radius 1 is 1.26 bits per heavy atom. The molecule has 6 nitrogen and oxygen atoms in total. The zero-order valence-corrected chi connectivity index (χ0v) is 13.6. The van der Waals surface area contributed by atoms with E-state index in [9.17, 15) is 5.11 Å². The number of nitrogens with zero attached hydrogens (tertiary/aromatic N) is 3. The van der Waals surface area contributed by atoms with Crippen LogP contribution >= 0.6 is 11.3 Å². The van der Waals surface area contributed by atoms with E-state index < -0.39 is 0 Å². The number of phenolic OH excluding ortho intramolecular Hbond substituents is 1. The summed E-state index contributed by atoms with van der Waals surface area (Å²) >= 11 is 1.56. The average molecular weight is 328 g/mol. The Bertz CT molecular complexity index is 819. The number of methoxy groups -OCH3 is 1. The summed E-state index contributed by atoms with van der Waals surface area (Å²) in [7, 11) is 1.65. The fourth-order valence-corrected chi connectivity index (χ4v) is 3.14. The molecule has 2 N–H and O–H groups in total. The lowest BCUT2D eigenvalue weighted by Gasteiger charge is -2.06. The summed E-state index contributed by atoms with van der Waals surface area (Å²) in [5, 5.41) is 13.5. The minimum absolute atomic E-state index is 0.189. The summed E-state index contributed by atoms with van der Waals surface area (Å²) in [5.74, 6) is 0.655. The zero-order valence-electron chi connectivity index (χ0n) is 12.8. The molecule has 0 saturated heterocycles. The van der Waals surface area contributed by atoms with E-state index in [1.807, 2.05) is 19.1 Å². The number of nitrogens with one attached hydrogen (secondary N) is 1. The highest BCUT2D eigenvalue weighted by Gasteiger charge is 2.12. The van der Waals surface area contributed by atoms with Crippen molar-refractivity contribution in [1.29, 1.82) is 0 Å². The van der Waals surface area contributed by atoms with Gasteiger partial charge in [0.15, 0.2) is 0 Å². The molecule has 0 saturated carbocycles. The van der Waals surface area contributed by atoms with Gasteiger partial charge in [0.1, 0.15) is 10.8 Å². The van der Waals surface area contributed by atoms with Crippen molar-refractivity contribution < 1.29 is 9.84 Å². The number of ether oxygens (including phenoxy) is 1. The molecule has 1 aromatic carbocycles. The maximum Gasteiger partial charge on any atom is 0.227 e. The normalized spacial score (nSPS) is 10.7. The summed E-state index contributed by atoms with van der Waals surface area (Å²) in [6.07, 6.45) is 1.70. The van der Waals surface area contributed by atoms with Crippen LogP contribution in [0.2, 0.25) is 0 Å². The summed E-state index contributed by atoms with van der Waals surface area (Å²) in [6.45, 7) is 2.44. The predicted molar refractivity (Wildman–Crippen MR) is 90.0 cm³/mol. The van der Waals surface area contributed by atoms with Gasteiger partial charge in [0.05, 0.1) is 22.9 Å². The first-order valence-electron chi connectivity index (χ1n) is 7.00. The largest absolute Gasteiger partial charge is 0.508 e. The Hall–Kier alpha value is -2.51. The Kier molecular flexibility index (Phi) is 4.50. The molecule has 2 heterocycles. The van der Waals surface area contributed by atoms with Crippen molar-refractivity contribution in [2.75, 3.05) is 12.4 Å². The van der Waals surface area contributed by atoms with Crippen LogP contribution in [0.5, 0.6) is 5.75 Å². The van der Waals surface area contributed by atoms with Crippen LogP contribution in [0.1, 0.15) is 10.7 Å². The van der Waals surface area contributed by atoms with Crippen LogP contribution < -0.4 is 5.32 Å². The Balaban J connectivity index is 1.88. The van der Waals surface area contributed by atoms with Crippen molar-refractivity contribution >= 4 is 23.0 Å². The monoisotopic (exact) mass is 328 g/mol. The quantitative estimate of drug-likeness (QED) is 0.746. The number of benzene rings is 1. The van der Waals surface area contributed by atoms with Crippen LogP contribution in [0.4, 0.5) is 11.6 Å². The van der Waals surface area contributed by atoms with Crippen LogP contribution in [0.3, 0.4) is 0 Å². The van der Waals surface area contributed by atoms with Crippen LogP contribution in [-0.2, 0) is 11.3 Å². The van der Waals surface area contributed by atoms with Gasteiger partial charge in [-0.3, -0.25) is 0 Å². The summed E-state index contributed by atoms with van der Waals surface area (Å²) in [5.41, 5.74) is 2.45. The highest BCUT2D eigenvalue weighted by Crippen LogP contribution is 2.29. The number of aromatic hydroxyl groups is 1. The molecule has 23 heavy (non-hydrogen) atoms. The summed E-state index contributed by atoms with van der Waals surface area (Å²) in [6, 6.07) is 8.67. The number of anilines is 2. The average Bonchev–Trinajstić information content (AvgIpc) is 2.89. The van der Waals surface area contributed by atoms with Gasteiger partial charge in [0.2, 0.25) is 5.95 Å². The number of rotatable bonds is 5. The molecular formula is C16H16N4O2S. The first kappa shape index (κ1) is 15.4. The number of aromatic nitrogens is 3. The highest BCUT2D eigenvalue weighted by molar-refractivity contribution is 7.15. The number of aryl methyl sites for hydroxylation is 1. The summed E-state index contributed by atoms with van der Waals surface area (Å²) < 4.78 is 5.13. The third-order valence-electron chi connectivity index (χ3n) is 3.10. The lowest BCUT2D eigenvalue weighted by molar-refractivity contribution is 0.184. The van der Waals surface area contributed by atoms with Gasteiger partial charge in [-0.1, -0.05) is 6.07 Å². The molecule has 7 heteroatoms. The Morgan fingerprint density at radius 3 is 2.91 bits per heavy atom. The van der Waals surface area contributed by atoms with Crippen LogP contribution in [-0.4, -0.2) is 27.2 Å².